The van der Waals surface area contributed by atoms with Crippen LogP contribution in [0.3, 0.4) is 0 Å². The molecule has 5 heteroatoms. The zero-order chi connectivity index (χ0) is 13.3. The summed E-state index contributed by atoms with van der Waals surface area (Å²) in [6.45, 7) is 7.08. The minimum atomic E-state index is -0.442. The first-order chi connectivity index (χ1) is 8.35. The first-order valence-electron chi connectivity index (χ1n) is 6.69. The summed E-state index contributed by atoms with van der Waals surface area (Å²) in [5.41, 5.74) is -0.442. The molecule has 2 aliphatic rings. The second kappa shape index (κ2) is 6.24. The number of hydrogen-bond donors (Lipinski definition) is 0. The zero-order valence-corrected chi connectivity index (χ0v) is 12.4. The molecule has 1 heterocycles. The maximum atomic E-state index is 12.0. The van der Waals surface area contributed by atoms with E-state index in [0.29, 0.717) is 24.8 Å². The number of rotatable bonds is 0. The van der Waals surface area contributed by atoms with E-state index in [9.17, 15) is 9.90 Å². The van der Waals surface area contributed by atoms with Crippen LogP contribution in [0.15, 0.2) is 11.8 Å². The number of carbonyl (C=O) groups is 1. The van der Waals surface area contributed by atoms with Crippen LogP contribution in [-0.2, 0) is 4.74 Å². The van der Waals surface area contributed by atoms with Crippen LogP contribution in [0.5, 0.6) is 0 Å². The van der Waals surface area contributed by atoms with Crippen LogP contribution in [-0.4, -0.2) is 29.7 Å². The summed E-state index contributed by atoms with van der Waals surface area (Å²) in [4.78, 5) is 13.8. The molecule has 0 spiro atoms. The third-order valence-corrected chi connectivity index (χ3v) is 3.65. The van der Waals surface area contributed by atoms with E-state index < -0.39 is 5.60 Å². The van der Waals surface area contributed by atoms with E-state index in [1.165, 1.54) is 0 Å². The normalized spacial score (nSPS) is 26.9. The van der Waals surface area contributed by atoms with Crippen molar-refractivity contribution in [3.8, 4) is 0 Å². The van der Waals surface area contributed by atoms with Gasteiger partial charge in [-0.05, 0) is 51.9 Å². The van der Waals surface area contributed by atoms with Crippen molar-refractivity contribution in [2.45, 2.75) is 45.6 Å². The second-order valence-corrected chi connectivity index (χ2v) is 6.35. The van der Waals surface area contributed by atoms with E-state index in [-0.39, 0.29) is 30.7 Å². The molecule has 1 amide bonds. The first kappa shape index (κ1) is 16.5. The van der Waals surface area contributed by atoms with Crippen molar-refractivity contribution in [1.82, 2.24) is 4.90 Å². The Kier molecular flexibility index (Phi) is 5.41. The predicted octanol–water partition coefficient (Wildman–Crippen LogP) is -1.10. The first-order valence-corrected chi connectivity index (χ1v) is 6.69. The average molecular weight is 259 g/mol. The molecular weight excluding hydrogens is 237 g/mol. The summed E-state index contributed by atoms with van der Waals surface area (Å²) in [5.74, 6) is 1.16. The topological polar surface area (TPSA) is 52.6 Å². The molecule has 1 saturated heterocycles. The third-order valence-electron chi connectivity index (χ3n) is 3.65. The van der Waals surface area contributed by atoms with E-state index in [1.54, 1.807) is 11.0 Å². The molecule has 0 aromatic heterocycles. The molecule has 4 nitrogen and oxygen atoms in total. The number of fused-ring (bicyclic) bond motifs is 1. The van der Waals surface area contributed by atoms with Crippen LogP contribution in [0.4, 0.5) is 4.79 Å². The molecule has 0 bridgehead atoms. The van der Waals surface area contributed by atoms with Crippen molar-refractivity contribution in [3.63, 3.8) is 0 Å². The molecular formula is C14H22LiNO3. The van der Waals surface area contributed by atoms with Crippen molar-refractivity contribution in [3.05, 3.63) is 11.8 Å². The minimum absolute atomic E-state index is 0. The number of amides is 1. The molecule has 0 radical (unpaired) electrons. The van der Waals surface area contributed by atoms with Gasteiger partial charge in [0.05, 0.1) is 0 Å². The van der Waals surface area contributed by atoms with E-state index >= 15 is 0 Å². The van der Waals surface area contributed by atoms with Crippen LogP contribution in [0.2, 0.25) is 0 Å². The van der Waals surface area contributed by atoms with Crippen LogP contribution < -0.4 is 24.0 Å². The van der Waals surface area contributed by atoms with Gasteiger partial charge in [0.15, 0.2) is 0 Å². The molecule has 2 atom stereocenters. The molecule has 0 N–H and O–H groups in total. The van der Waals surface area contributed by atoms with E-state index in [4.69, 9.17) is 4.74 Å². The Bertz CT molecular complexity index is 362. The zero-order valence-electron chi connectivity index (χ0n) is 12.4. The van der Waals surface area contributed by atoms with Gasteiger partial charge in [-0.15, -0.1) is 5.76 Å². The second-order valence-electron chi connectivity index (χ2n) is 6.35. The summed E-state index contributed by atoms with van der Waals surface area (Å²) in [6.07, 6.45) is 3.94. The minimum Gasteiger partial charge on any atom is -0.876 e. The van der Waals surface area contributed by atoms with Crippen molar-refractivity contribution >= 4 is 6.09 Å². The smallest absolute Gasteiger partial charge is 0.876 e. The molecule has 1 fully saturated rings. The maximum absolute atomic E-state index is 12.0. The van der Waals surface area contributed by atoms with E-state index in [2.05, 4.69) is 0 Å². The summed E-state index contributed by atoms with van der Waals surface area (Å²) in [5, 5.41) is 11.4. The molecule has 2 rings (SSSR count). The molecule has 0 unspecified atom stereocenters. The predicted molar refractivity (Wildman–Crippen MR) is 66.7 cm³/mol. The summed E-state index contributed by atoms with van der Waals surface area (Å²) in [6, 6.07) is 0. The quantitative estimate of drug-likeness (QED) is 0.519. The number of hydrogen-bond acceptors (Lipinski definition) is 3. The third kappa shape index (κ3) is 4.47. The standard InChI is InChI=1S/C14H23NO3.Li/c1-14(2,3)18-13(17)15-7-6-10-8-12(16)5-4-11(10)9-15;/h5,10-11,16H,4,6-9H2,1-3H3;/q;+1/p-1/t10-,11+;/m1./s1. The Morgan fingerprint density at radius 1 is 1.42 bits per heavy atom. The average Bonchev–Trinajstić information content (AvgIpc) is 2.26. The van der Waals surface area contributed by atoms with Gasteiger partial charge in [0.2, 0.25) is 0 Å². The molecule has 0 aromatic carbocycles. The number of nitrogens with zero attached hydrogens (tertiary/aromatic N) is 1. The molecule has 1 aliphatic carbocycles. The Morgan fingerprint density at radius 2 is 2.11 bits per heavy atom. The summed E-state index contributed by atoms with van der Waals surface area (Å²) in [7, 11) is 0. The number of ether oxygens (including phenoxy) is 1. The Morgan fingerprint density at radius 3 is 2.74 bits per heavy atom. The monoisotopic (exact) mass is 259 g/mol. The Labute approximate surface area is 127 Å². The van der Waals surface area contributed by atoms with Crippen molar-refractivity contribution in [2.75, 3.05) is 13.1 Å². The number of carbonyl (C=O) groups excluding carboxylic acids is 1. The van der Waals surface area contributed by atoms with Gasteiger partial charge < -0.3 is 14.7 Å². The summed E-state index contributed by atoms with van der Waals surface area (Å²) >= 11 is 0. The molecule has 0 aromatic rings. The van der Waals surface area contributed by atoms with Gasteiger partial charge >= 0.3 is 25.0 Å². The number of likely N-dealkylation sites (tertiary alicyclic amines) is 1. The van der Waals surface area contributed by atoms with Crippen LogP contribution in [0.25, 0.3) is 0 Å². The fourth-order valence-electron chi connectivity index (χ4n) is 2.73. The fourth-order valence-corrected chi connectivity index (χ4v) is 2.73. The number of piperidine rings is 1. The molecule has 0 saturated carbocycles. The van der Waals surface area contributed by atoms with Gasteiger partial charge in [0.1, 0.15) is 5.60 Å². The Hall–Kier alpha value is -0.593. The van der Waals surface area contributed by atoms with Crippen LogP contribution >= 0.6 is 0 Å². The SMILES string of the molecule is CC(C)(C)OC(=O)N1CC[C@@H]2CC([O-])=CC[C@H]2C1.[Li+]. The Balaban J connectivity index is 0.00000180. The van der Waals surface area contributed by atoms with Crippen molar-refractivity contribution in [1.29, 1.82) is 0 Å². The van der Waals surface area contributed by atoms with E-state index in [1.807, 2.05) is 20.8 Å². The van der Waals surface area contributed by atoms with Gasteiger partial charge in [0.25, 0.3) is 0 Å². The fraction of sp³-hybridized carbons (Fsp3) is 0.786. The van der Waals surface area contributed by atoms with Gasteiger partial charge in [-0.3, -0.25) is 0 Å². The van der Waals surface area contributed by atoms with Gasteiger partial charge in [-0.2, -0.15) is 0 Å². The van der Waals surface area contributed by atoms with E-state index in [0.717, 1.165) is 19.4 Å². The van der Waals surface area contributed by atoms with Crippen LogP contribution in [0, 0.1) is 11.8 Å². The molecule has 1 aliphatic heterocycles. The van der Waals surface area contributed by atoms with Crippen molar-refractivity contribution < 1.29 is 33.5 Å². The molecule has 19 heavy (non-hydrogen) atoms. The van der Waals surface area contributed by atoms with Gasteiger partial charge in [-0.25, -0.2) is 4.79 Å². The van der Waals surface area contributed by atoms with Crippen molar-refractivity contribution in [2.24, 2.45) is 11.8 Å². The maximum Gasteiger partial charge on any atom is 1.00 e. The van der Waals surface area contributed by atoms with Gasteiger partial charge in [0, 0.05) is 13.1 Å². The summed E-state index contributed by atoms with van der Waals surface area (Å²) < 4.78 is 5.39. The molecule has 102 valence electrons. The largest absolute Gasteiger partial charge is 1.00 e. The van der Waals surface area contributed by atoms with Crippen LogP contribution in [0.1, 0.15) is 40.0 Å². The number of allylic oxidation sites excluding steroid dienone is 2. The van der Waals surface area contributed by atoms with Gasteiger partial charge in [-0.1, -0.05) is 6.08 Å².